The summed E-state index contributed by atoms with van der Waals surface area (Å²) in [5.41, 5.74) is 9.28. The zero-order chi connectivity index (χ0) is 29.4. The summed E-state index contributed by atoms with van der Waals surface area (Å²) in [6.07, 6.45) is 3.24. The van der Waals surface area contributed by atoms with Gasteiger partial charge in [0.05, 0.1) is 17.1 Å². The molecule has 0 fully saturated rings. The standard InChI is InChI=1S/C38H28N6/c1-3-22-20-31-23-12-4-8-16-27(23)35(39-31)42-37-29-18-10-11-19-30(29)38(44-37)43-36-28-17-9-7-15-26(28)33(41-36)21(2)32-24-13-5-6-14-25(24)34(22)40-32/h4-20,22,41H,3H2,1-2H3,(H,39,42,43,44). The summed E-state index contributed by atoms with van der Waals surface area (Å²) in [5.74, 6) is 2.17. The number of amidine groups is 2. The smallest absolute Gasteiger partial charge is 0.164 e. The first kappa shape index (κ1) is 24.9. The van der Waals surface area contributed by atoms with Gasteiger partial charge in [0.25, 0.3) is 0 Å². The molecule has 6 heteroatoms. The van der Waals surface area contributed by atoms with Crippen LogP contribution in [0.4, 0.5) is 5.82 Å². The summed E-state index contributed by atoms with van der Waals surface area (Å²) >= 11 is 0. The third-order valence-corrected chi connectivity index (χ3v) is 9.06. The van der Waals surface area contributed by atoms with Crippen LogP contribution in [-0.4, -0.2) is 27.4 Å². The number of aromatic amines is 2. The van der Waals surface area contributed by atoms with Crippen LogP contribution in [0, 0.1) is 5.92 Å². The van der Waals surface area contributed by atoms with Crippen LogP contribution in [-0.2, 0) is 0 Å². The number of fused-ring (bicyclic) bond motifs is 18. The van der Waals surface area contributed by atoms with Crippen molar-refractivity contribution in [1.29, 1.82) is 0 Å². The fourth-order valence-electron chi connectivity index (χ4n) is 6.86. The predicted molar refractivity (Wildman–Crippen MR) is 180 cm³/mol. The second kappa shape index (κ2) is 9.44. The number of nitrogens with one attached hydrogen (secondary N) is 2. The van der Waals surface area contributed by atoms with E-state index in [4.69, 9.17) is 20.0 Å². The Hall–Kier alpha value is -5.62. The van der Waals surface area contributed by atoms with Gasteiger partial charge in [-0.25, -0.2) is 15.0 Å². The van der Waals surface area contributed by atoms with E-state index in [1.807, 2.05) is 12.1 Å². The first-order valence-electron chi connectivity index (χ1n) is 15.1. The number of hydrogen-bond acceptors (Lipinski definition) is 4. The van der Waals surface area contributed by atoms with Gasteiger partial charge in [0.2, 0.25) is 0 Å². The van der Waals surface area contributed by atoms with Crippen molar-refractivity contribution in [2.45, 2.75) is 20.3 Å². The first-order valence-corrected chi connectivity index (χ1v) is 15.1. The Morgan fingerprint density at radius 1 is 0.591 bits per heavy atom. The minimum absolute atomic E-state index is 0.0995. The van der Waals surface area contributed by atoms with Gasteiger partial charge < -0.3 is 9.97 Å². The number of allylic oxidation sites excluding steroid dienone is 1. The van der Waals surface area contributed by atoms with Gasteiger partial charge in [0, 0.05) is 55.1 Å². The summed E-state index contributed by atoms with van der Waals surface area (Å²) < 4.78 is 0. The zero-order valence-electron chi connectivity index (χ0n) is 24.4. The maximum absolute atomic E-state index is 5.40. The van der Waals surface area contributed by atoms with Gasteiger partial charge in [0.1, 0.15) is 11.3 Å². The molecular formula is C38H28N6. The van der Waals surface area contributed by atoms with E-state index in [2.05, 4.69) is 115 Å². The van der Waals surface area contributed by atoms with E-state index in [9.17, 15) is 0 Å². The minimum atomic E-state index is 0.0995. The quantitative estimate of drug-likeness (QED) is 0.208. The Bertz CT molecular complexity index is 2450. The van der Waals surface area contributed by atoms with Crippen molar-refractivity contribution in [3.63, 3.8) is 0 Å². The topological polar surface area (TPSA) is 81.0 Å². The van der Waals surface area contributed by atoms with Crippen molar-refractivity contribution in [2.24, 2.45) is 25.9 Å². The average Bonchev–Trinajstić information content (AvgIpc) is 3.82. The van der Waals surface area contributed by atoms with E-state index in [0.29, 0.717) is 11.7 Å². The van der Waals surface area contributed by atoms with Crippen molar-refractivity contribution in [3.8, 4) is 0 Å². The van der Waals surface area contributed by atoms with Crippen molar-refractivity contribution in [1.82, 2.24) is 9.97 Å². The molecule has 0 saturated carbocycles. The Balaban J connectivity index is 1.43. The molecule has 3 aliphatic heterocycles. The molecule has 0 aliphatic carbocycles. The summed E-state index contributed by atoms with van der Waals surface area (Å²) in [4.78, 5) is 28.0. The Morgan fingerprint density at radius 3 is 1.95 bits per heavy atom. The van der Waals surface area contributed by atoms with Crippen LogP contribution in [0.2, 0.25) is 0 Å². The number of benzene rings is 4. The lowest BCUT2D eigenvalue weighted by molar-refractivity contribution is 0.853. The van der Waals surface area contributed by atoms with Crippen molar-refractivity contribution >= 4 is 62.1 Å². The molecule has 5 heterocycles. The Labute approximate surface area is 253 Å². The van der Waals surface area contributed by atoms with Crippen LogP contribution in [0.3, 0.4) is 0 Å². The zero-order valence-corrected chi connectivity index (χ0v) is 24.4. The summed E-state index contributed by atoms with van der Waals surface area (Å²) in [6, 6.07) is 33.6. The fourth-order valence-corrected chi connectivity index (χ4v) is 6.86. The van der Waals surface area contributed by atoms with Crippen molar-refractivity contribution < 1.29 is 0 Å². The van der Waals surface area contributed by atoms with Gasteiger partial charge in [0.15, 0.2) is 11.7 Å². The van der Waals surface area contributed by atoms with E-state index in [0.717, 1.165) is 84.0 Å². The molecule has 0 amide bonds. The first-order chi connectivity index (χ1) is 21.7. The number of nitrogens with zero attached hydrogens (tertiary/aromatic N) is 4. The molecular weight excluding hydrogens is 540 g/mol. The monoisotopic (exact) mass is 568 g/mol. The molecule has 1 atom stereocenters. The summed E-state index contributed by atoms with van der Waals surface area (Å²) in [7, 11) is 0. The number of rotatable bonds is 1. The van der Waals surface area contributed by atoms with Crippen LogP contribution >= 0.6 is 0 Å². The van der Waals surface area contributed by atoms with E-state index >= 15 is 0 Å². The highest BCUT2D eigenvalue weighted by atomic mass is 15.1. The minimum Gasteiger partial charge on any atom is -0.339 e. The van der Waals surface area contributed by atoms with Gasteiger partial charge >= 0.3 is 0 Å². The van der Waals surface area contributed by atoms with Gasteiger partial charge in [-0.05, 0) is 18.9 Å². The molecule has 6 aromatic rings. The van der Waals surface area contributed by atoms with Crippen LogP contribution in [0.25, 0.3) is 38.9 Å². The largest absolute Gasteiger partial charge is 0.339 e. The molecule has 44 heavy (non-hydrogen) atoms. The van der Waals surface area contributed by atoms with E-state index < -0.39 is 0 Å². The van der Waals surface area contributed by atoms with Gasteiger partial charge in [-0.3, -0.25) is 4.99 Å². The molecule has 1 unspecified atom stereocenters. The number of aromatic nitrogens is 2. The van der Waals surface area contributed by atoms with E-state index in [1.165, 1.54) is 5.56 Å². The SMILES string of the molecule is CCC1C=c2[nH]c(c3ccccc23)=NC2=NC(=Nc3[nH]c(c4ccccc34)C(C)=C3N=C1c1ccccc13)c1ccccc12. The number of hydrogen-bond donors (Lipinski definition) is 2. The molecule has 0 spiro atoms. The van der Waals surface area contributed by atoms with Gasteiger partial charge in [-0.15, -0.1) is 0 Å². The summed E-state index contributed by atoms with van der Waals surface area (Å²) in [6.45, 7) is 4.39. The second-order valence-electron chi connectivity index (χ2n) is 11.6. The third-order valence-electron chi connectivity index (χ3n) is 9.06. The number of H-pyrrole nitrogens is 2. The molecule has 210 valence electrons. The molecule has 6 nitrogen and oxygen atoms in total. The maximum Gasteiger partial charge on any atom is 0.164 e. The van der Waals surface area contributed by atoms with Crippen LogP contribution in [0.5, 0.6) is 0 Å². The molecule has 9 rings (SSSR count). The lowest BCUT2D eigenvalue weighted by Crippen LogP contribution is -2.18. The highest BCUT2D eigenvalue weighted by Gasteiger charge is 2.28. The molecule has 0 saturated heterocycles. The van der Waals surface area contributed by atoms with Crippen LogP contribution in [0.1, 0.15) is 48.2 Å². The summed E-state index contributed by atoms with van der Waals surface area (Å²) in [5, 5.41) is 5.40. The average molecular weight is 569 g/mol. The molecule has 8 bridgehead atoms. The van der Waals surface area contributed by atoms with Gasteiger partial charge in [-0.2, -0.15) is 0 Å². The normalized spacial score (nSPS) is 17.0. The van der Waals surface area contributed by atoms with E-state index in [-0.39, 0.29) is 5.92 Å². The van der Waals surface area contributed by atoms with Crippen molar-refractivity contribution in [3.05, 3.63) is 136 Å². The Kier molecular flexibility index (Phi) is 5.35. The molecule has 4 aromatic carbocycles. The fraction of sp³-hybridized carbons (Fsp3) is 0.105. The van der Waals surface area contributed by atoms with Crippen LogP contribution < -0.4 is 10.8 Å². The van der Waals surface area contributed by atoms with Gasteiger partial charge in [-0.1, -0.05) is 110 Å². The van der Waals surface area contributed by atoms with Crippen LogP contribution in [0.15, 0.2) is 117 Å². The molecule has 0 radical (unpaired) electrons. The predicted octanol–water partition coefficient (Wildman–Crippen LogP) is 7.32. The molecule has 3 aliphatic rings. The highest BCUT2D eigenvalue weighted by molar-refractivity contribution is 6.24. The maximum atomic E-state index is 5.40. The molecule has 2 N–H and O–H groups in total. The Morgan fingerprint density at radius 2 is 1.20 bits per heavy atom. The molecule has 2 aromatic heterocycles. The lowest BCUT2D eigenvalue weighted by Gasteiger charge is -2.11. The highest BCUT2D eigenvalue weighted by Crippen LogP contribution is 2.41. The second-order valence-corrected chi connectivity index (χ2v) is 11.6. The number of aliphatic imine (C=N–C) groups is 3. The van der Waals surface area contributed by atoms with E-state index in [1.54, 1.807) is 0 Å². The lowest BCUT2D eigenvalue weighted by atomic mass is 9.92. The third kappa shape index (κ3) is 3.61. The van der Waals surface area contributed by atoms with Crippen molar-refractivity contribution in [2.75, 3.05) is 0 Å².